The lowest BCUT2D eigenvalue weighted by Crippen LogP contribution is -2.44. The molecule has 2 heterocycles. The van der Waals surface area contributed by atoms with Crippen molar-refractivity contribution in [2.45, 2.75) is 31.6 Å². The average molecular weight is 480 g/mol. The highest BCUT2D eigenvalue weighted by atomic mass is 35.5. The van der Waals surface area contributed by atoms with Crippen LogP contribution in [0.25, 0.3) is 0 Å². The second-order valence-electron chi connectivity index (χ2n) is 8.32. The monoisotopic (exact) mass is 479 g/mol. The van der Waals surface area contributed by atoms with Crippen LogP contribution >= 0.6 is 12.4 Å². The molecule has 1 aromatic heterocycles. The van der Waals surface area contributed by atoms with Crippen molar-refractivity contribution >= 4 is 22.6 Å². The molecule has 0 spiro atoms. The molecule has 0 saturated carbocycles. The summed E-state index contributed by atoms with van der Waals surface area (Å²) in [5.41, 5.74) is 3.85. The molecule has 0 bridgehead atoms. The van der Waals surface area contributed by atoms with Gasteiger partial charge in [0.05, 0.1) is 0 Å². The van der Waals surface area contributed by atoms with Gasteiger partial charge in [-0.2, -0.15) is 12.7 Å². The van der Waals surface area contributed by atoms with E-state index in [1.54, 1.807) is 12.1 Å². The third-order valence-corrected chi connectivity index (χ3v) is 8.24. The lowest BCUT2D eigenvalue weighted by atomic mass is 9.75. The van der Waals surface area contributed by atoms with Gasteiger partial charge >= 0.3 is 10.2 Å². The highest BCUT2D eigenvalue weighted by molar-refractivity contribution is 7.87. The number of rotatable bonds is 3. The first-order valence-electron chi connectivity index (χ1n) is 10.5. The van der Waals surface area contributed by atoms with Crippen molar-refractivity contribution in [3.63, 3.8) is 0 Å². The molecule has 1 aliphatic heterocycles. The molecule has 0 radical (unpaired) electrons. The third kappa shape index (κ3) is 4.07. The zero-order valence-corrected chi connectivity index (χ0v) is 19.0. The second-order valence-corrected chi connectivity index (χ2v) is 10.2. The molecule has 1 fully saturated rings. The van der Waals surface area contributed by atoms with E-state index in [0.717, 1.165) is 39.1 Å². The Labute approximate surface area is 192 Å². The molecule has 2 aromatic carbocycles. The van der Waals surface area contributed by atoms with Crippen molar-refractivity contribution in [2.75, 3.05) is 13.1 Å². The van der Waals surface area contributed by atoms with Crippen molar-refractivity contribution in [2.24, 2.45) is 5.92 Å². The van der Waals surface area contributed by atoms with Crippen LogP contribution in [0, 0.1) is 17.6 Å². The minimum Gasteiger partial charge on any atom is -0.244 e. The van der Waals surface area contributed by atoms with Crippen LogP contribution in [0.2, 0.25) is 0 Å². The van der Waals surface area contributed by atoms with E-state index in [2.05, 4.69) is 4.98 Å². The minimum atomic E-state index is -3.70. The molecule has 3 aromatic rings. The quantitative estimate of drug-likeness (QED) is 0.562. The van der Waals surface area contributed by atoms with E-state index < -0.39 is 10.2 Å². The average Bonchev–Trinajstić information content (AvgIpc) is 3.26. The molecule has 32 heavy (non-hydrogen) atoms. The Morgan fingerprint density at radius 2 is 1.59 bits per heavy atom. The van der Waals surface area contributed by atoms with Gasteiger partial charge in [-0.05, 0) is 78.1 Å². The predicted octanol–water partition coefficient (Wildman–Crippen LogP) is 4.32. The van der Waals surface area contributed by atoms with Crippen LogP contribution in [0.3, 0.4) is 0 Å². The highest BCUT2D eigenvalue weighted by Crippen LogP contribution is 2.43. The summed E-state index contributed by atoms with van der Waals surface area (Å²) in [7, 11) is -3.70. The molecule has 0 N–H and O–H groups in total. The van der Waals surface area contributed by atoms with Crippen molar-refractivity contribution in [3.8, 4) is 0 Å². The van der Waals surface area contributed by atoms with Gasteiger partial charge in [-0.3, -0.25) is 0 Å². The first-order valence-corrected chi connectivity index (χ1v) is 11.9. The van der Waals surface area contributed by atoms with Crippen molar-refractivity contribution in [3.05, 3.63) is 89.0 Å². The maximum atomic E-state index is 14.0. The fraction of sp³-hybridized carbons (Fsp3) is 0.348. The molecule has 1 aliphatic carbocycles. The maximum Gasteiger partial charge on any atom is 0.308 e. The fourth-order valence-electron chi connectivity index (χ4n) is 5.11. The Bertz CT molecular complexity index is 1160. The van der Waals surface area contributed by atoms with Crippen LogP contribution in [0.5, 0.6) is 0 Å². The molecule has 9 heteroatoms. The highest BCUT2D eigenvalue weighted by Gasteiger charge is 2.37. The summed E-state index contributed by atoms with van der Waals surface area (Å²) in [6.07, 6.45) is 6.99. The zero-order chi connectivity index (χ0) is 21.6. The number of fused-ring (bicyclic) bond motifs is 2. The molecule has 2 aliphatic rings. The van der Waals surface area contributed by atoms with Gasteiger partial charge in [-0.1, -0.05) is 12.1 Å². The summed E-state index contributed by atoms with van der Waals surface area (Å²) < 4.78 is 56.8. The van der Waals surface area contributed by atoms with E-state index in [4.69, 9.17) is 0 Å². The van der Waals surface area contributed by atoms with Crippen LogP contribution < -0.4 is 0 Å². The molecule has 1 unspecified atom stereocenters. The van der Waals surface area contributed by atoms with Gasteiger partial charge in [0.2, 0.25) is 0 Å². The Kier molecular flexibility index (Phi) is 6.38. The number of aryl methyl sites for hydroxylation is 2. The molecule has 1 atom stereocenters. The summed E-state index contributed by atoms with van der Waals surface area (Å²) in [4.78, 5) is 3.87. The number of halogens is 3. The van der Waals surface area contributed by atoms with Gasteiger partial charge < -0.3 is 0 Å². The first kappa shape index (κ1) is 22.9. The zero-order valence-electron chi connectivity index (χ0n) is 17.3. The standard InChI is InChI=1S/C23H23F2N3O2S.ClH/c24-19-5-7-21-16(12-19)3-4-17-13-20(25)6-8-22(17)23(21)18-2-1-10-27(14-18)31(29,30)28-11-9-26-15-28;/h5-9,11-13,15,18,23H,1-4,10,14H2;1H. The van der Waals surface area contributed by atoms with E-state index >= 15 is 0 Å². The van der Waals surface area contributed by atoms with Crippen LogP contribution in [-0.4, -0.2) is 34.8 Å². The molecular weight excluding hydrogens is 456 g/mol. The Balaban J connectivity index is 0.00000245. The number of nitrogens with zero attached hydrogens (tertiary/aromatic N) is 3. The van der Waals surface area contributed by atoms with Crippen LogP contribution in [-0.2, 0) is 23.1 Å². The largest absolute Gasteiger partial charge is 0.308 e. The second kappa shape index (κ2) is 8.92. The van der Waals surface area contributed by atoms with Crippen molar-refractivity contribution < 1.29 is 17.2 Å². The summed E-state index contributed by atoms with van der Waals surface area (Å²) in [5, 5.41) is 0. The van der Waals surface area contributed by atoms with Gasteiger partial charge in [-0.15, -0.1) is 12.4 Å². The van der Waals surface area contributed by atoms with Crippen LogP contribution in [0.15, 0.2) is 55.1 Å². The lowest BCUT2D eigenvalue weighted by Gasteiger charge is -2.37. The van der Waals surface area contributed by atoms with E-state index in [1.807, 2.05) is 12.1 Å². The number of imidazole rings is 1. The Morgan fingerprint density at radius 3 is 2.16 bits per heavy atom. The number of hydrogen-bond donors (Lipinski definition) is 0. The summed E-state index contributed by atoms with van der Waals surface area (Å²) in [6, 6.07) is 9.68. The number of aromatic nitrogens is 2. The predicted molar refractivity (Wildman–Crippen MR) is 120 cm³/mol. The first-order chi connectivity index (χ1) is 14.9. The molecular formula is C23H24ClF2N3O2S. The van der Waals surface area contributed by atoms with Gasteiger partial charge in [0.25, 0.3) is 0 Å². The van der Waals surface area contributed by atoms with Gasteiger partial charge in [0.1, 0.15) is 18.0 Å². The molecule has 0 amide bonds. The molecule has 5 nitrogen and oxygen atoms in total. The smallest absolute Gasteiger partial charge is 0.244 e. The Morgan fingerprint density at radius 1 is 0.969 bits per heavy atom. The third-order valence-electron chi connectivity index (χ3n) is 6.51. The van der Waals surface area contributed by atoms with Crippen molar-refractivity contribution in [1.29, 1.82) is 0 Å². The fourth-order valence-corrected chi connectivity index (χ4v) is 6.49. The number of piperidine rings is 1. The van der Waals surface area contributed by atoms with E-state index in [1.165, 1.54) is 35.2 Å². The summed E-state index contributed by atoms with van der Waals surface area (Å²) in [5.74, 6) is -0.696. The topological polar surface area (TPSA) is 55.2 Å². The normalized spacial score (nSPS) is 19.5. The summed E-state index contributed by atoms with van der Waals surface area (Å²) >= 11 is 0. The minimum absolute atomic E-state index is 0. The van der Waals surface area contributed by atoms with Crippen molar-refractivity contribution in [1.82, 2.24) is 13.3 Å². The SMILES string of the molecule is Cl.O=S(=O)(N1CCCC(C2c3ccc(F)cc3CCc3cc(F)ccc32)C1)n1ccnc1. The van der Waals surface area contributed by atoms with Crippen LogP contribution in [0.1, 0.15) is 41.0 Å². The molecule has 170 valence electrons. The molecule has 1 saturated heterocycles. The van der Waals surface area contributed by atoms with Gasteiger partial charge in [0.15, 0.2) is 0 Å². The number of hydrogen-bond acceptors (Lipinski definition) is 3. The molecule has 5 rings (SSSR count). The Hall–Kier alpha value is -2.29. The lowest BCUT2D eigenvalue weighted by molar-refractivity contribution is 0.247. The maximum absolute atomic E-state index is 14.0. The number of benzene rings is 2. The van der Waals surface area contributed by atoms with E-state index in [-0.39, 0.29) is 35.9 Å². The van der Waals surface area contributed by atoms with Gasteiger partial charge in [-0.25, -0.2) is 17.7 Å². The van der Waals surface area contributed by atoms with E-state index in [9.17, 15) is 17.2 Å². The van der Waals surface area contributed by atoms with Gasteiger partial charge in [0, 0.05) is 31.4 Å². The summed E-state index contributed by atoms with van der Waals surface area (Å²) in [6.45, 7) is 0.787. The van der Waals surface area contributed by atoms with E-state index in [0.29, 0.717) is 25.9 Å². The van der Waals surface area contributed by atoms with Crippen LogP contribution in [0.4, 0.5) is 8.78 Å².